The van der Waals surface area contributed by atoms with E-state index in [-0.39, 0.29) is 11.5 Å². The molecule has 144 valence electrons. The van der Waals surface area contributed by atoms with E-state index >= 15 is 0 Å². The molecule has 1 aromatic heterocycles. The Hall–Kier alpha value is -2.63. The van der Waals surface area contributed by atoms with Crippen molar-refractivity contribution in [3.8, 4) is 5.69 Å². The minimum absolute atomic E-state index is 0.146. The SMILES string of the molecule is Cc1ccc(-n2nc(N3CCN(C(=O)CC(C)C)CC3)ccc2=O)cc1C. The molecule has 0 N–H and O–H groups in total. The molecule has 2 aromatic rings. The first-order valence-electron chi connectivity index (χ1n) is 9.56. The molecule has 0 saturated carbocycles. The van der Waals surface area contributed by atoms with Crippen molar-refractivity contribution in [1.82, 2.24) is 14.7 Å². The first kappa shape index (κ1) is 19.1. The number of carbonyl (C=O) groups excluding carboxylic acids is 1. The van der Waals surface area contributed by atoms with Gasteiger partial charge in [-0.05, 0) is 49.1 Å². The zero-order chi connectivity index (χ0) is 19.6. The van der Waals surface area contributed by atoms with Crippen LogP contribution in [-0.4, -0.2) is 46.8 Å². The molecular weight excluding hydrogens is 340 g/mol. The zero-order valence-electron chi connectivity index (χ0n) is 16.6. The maximum atomic E-state index is 12.3. The number of benzene rings is 1. The van der Waals surface area contributed by atoms with Crippen molar-refractivity contribution < 1.29 is 4.79 Å². The molecule has 27 heavy (non-hydrogen) atoms. The summed E-state index contributed by atoms with van der Waals surface area (Å²) in [7, 11) is 0. The molecule has 6 heteroatoms. The van der Waals surface area contributed by atoms with Crippen molar-refractivity contribution in [2.24, 2.45) is 5.92 Å². The van der Waals surface area contributed by atoms with Gasteiger partial charge in [0, 0.05) is 38.7 Å². The minimum atomic E-state index is -0.146. The Morgan fingerprint density at radius 1 is 1.04 bits per heavy atom. The fourth-order valence-corrected chi connectivity index (χ4v) is 3.28. The van der Waals surface area contributed by atoms with Gasteiger partial charge in [0.1, 0.15) is 5.82 Å². The summed E-state index contributed by atoms with van der Waals surface area (Å²) in [5, 5.41) is 4.58. The van der Waals surface area contributed by atoms with Gasteiger partial charge in [-0.3, -0.25) is 9.59 Å². The number of hydrogen-bond donors (Lipinski definition) is 0. The van der Waals surface area contributed by atoms with Crippen LogP contribution in [0.3, 0.4) is 0 Å². The number of amides is 1. The van der Waals surface area contributed by atoms with Crippen LogP contribution in [0.2, 0.25) is 0 Å². The molecule has 0 radical (unpaired) electrons. The van der Waals surface area contributed by atoms with E-state index in [0.717, 1.165) is 30.2 Å². The summed E-state index contributed by atoms with van der Waals surface area (Å²) in [5.74, 6) is 1.36. The van der Waals surface area contributed by atoms with E-state index < -0.39 is 0 Å². The van der Waals surface area contributed by atoms with Crippen LogP contribution in [0.25, 0.3) is 5.69 Å². The molecule has 0 atom stereocenters. The standard InChI is InChI=1S/C21H28N4O2/c1-15(2)13-21(27)24-11-9-23(10-12-24)19-7-8-20(26)25(22-19)18-6-5-16(3)17(4)14-18/h5-8,14-15H,9-13H2,1-4H3. The Balaban J connectivity index is 1.76. The van der Waals surface area contributed by atoms with Gasteiger partial charge in [-0.1, -0.05) is 19.9 Å². The Morgan fingerprint density at radius 3 is 2.37 bits per heavy atom. The fourth-order valence-electron chi connectivity index (χ4n) is 3.28. The quantitative estimate of drug-likeness (QED) is 0.832. The third-order valence-corrected chi connectivity index (χ3v) is 5.06. The predicted molar refractivity (Wildman–Crippen MR) is 108 cm³/mol. The number of anilines is 1. The Morgan fingerprint density at radius 2 is 1.74 bits per heavy atom. The Labute approximate surface area is 160 Å². The average molecular weight is 368 g/mol. The highest BCUT2D eigenvalue weighted by Crippen LogP contribution is 2.16. The summed E-state index contributed by atoms with van der Waals surface area (Å²) in [6, 6.07) is 9.24. The topological polar surface area (TPSA) is 58.4 Å². The van der Waals surface area contributed by atoms with Crippen molar-refractivity contribution in [3.63, 3.8) is 0 Å². The number of carbonyl (C=O) groups is 1. The van der Waals surface area contributed by atoms with Crippen LogP contribution in [0.4, 0.5) is 5.82 Å². The number of hydrogen-bond acceptors (Lipinski definition) is 4. The highest BCUT2D eigenvalue weighted by atomic mass is 16.2. The van der Waals surface area contributed by atoms with Gasteiger partial charge >= 0.3 is 0 Å². The molecule has 0 unspecified atom stereocenters. The second kappa shape index (κ2) is 7.94. The lowest BCUT2D eigenvalue weighted by molar-refractivity contribution is -0.132. The second-order valence-electron chi connectivity index (χ2n) is 7.68. The molecular formula is C21H28N4O2. The number of nitrogens with zero attached hydrogens (tertiary/aromatic N) is 4. The molecule has 2 heterocycles. The summed E-state index contributed by atoms with van der Waals surface area (Å²) >= 11 is 0. The number of rotatable bonds is 4. The lowest BCUT2D eigenvalue weighted by Crippen LogP contribution is -2.49. The maximum absolute atomic E-state index is 12.3. The van der Waals surface area contributed by atoms with E-state index in [0.29, 0.717) is 25.4 Å². The summed E-state index contributed by atoms with van der Waals surface area (Å²) < 4.78 is 1.46. The Bertz CT molecular complexity index is 880. The number of piperazine rings is 1. The third kappa shape index (κ3) is 4.38. The molecule has 0 spiro atoms. The largest absolute Gasteiger partial charge is 0.352 e. The van der Waals surface area contributed by atoms with Gasteiger partial charge in [0.05, 0.1) is 5.69 Å². The Kier molecular flexibility index (Phi) is 5.63. The van der Waals surface area contributed by atoms with Gasteiger partial charge in [0.2, 0.25) is 5.91 Å². The number of aryl methyl sites for hydroxylation is 2. The summed E-state index contributed by atoms with van der Waals surface area (Å²) in [5.41, 5.74) is 2.94. The van der Waals surface area contributed by atoms with Crippen molar-refractivity contribution in [3.05, 3.63) is 51.8 Å². The lowest BCUT2D eigenvalue weighted by atomic mass is 10.1. The van der Waals surface area contributed by atoms with Crippen molar-refractivity contribution in [2.45, 2.75) is 34.1 Å². The van der Waals surface area contributed by atoms with Crippen LogP contribution in [0.5, 0.6) is 0 Å². The van der Waals surface area contributed by atoms with Crippen LogP contribution in [0.15, 0.2) is 35.1 Å². The molecule has 0 bridgehead atoms. The first-order chi connectivity index (χ1) is 12.8. The highest BCUT2D eigenvalue weighted by molar-refractivity contribution is 5.76. The summed E-state index contributed by atoms with van der Waals surface area (Å²) in [4.78, 5) is 28.6. The van der Waals surface area contributed by atoms with Gasteiger partial charge in [-0.15, -0.1) is 5.10 Å². The van der Waals surface area contributed by atoms with Gasteiger partial charge < -0.3 is 9.80 Å². The fraction of sp³-hybridized carbons (Fsp3) is 0.476. The third-order valence-electron chi connectivity index (χ3n) is 5.06. The van der Waals surface area contributed by atoms with Crippen LogP contribution in [-0.2, 0) is 4.79 Å². The molecule has 1 aliphatic rings. The van der Waals surface area contributed by atoms with Crippen molar-refractivity contribution in [1.29, 1.82) is 0 Å². The van der Waals surface area contributed by atoms with Gasteiger partial charge in [0.15, 0.2) is 0 Å². The van der Waals surface area contributed by atoms with Crippen molar-refractivity contribution >= 4 is 11.7 Å². The highest BCUT2D eigenvalue weighted by Gasteiger charge is 2.22. The minimum Gasteiger partial charge on any atom is -0.352 e. The van der Waals surface area contributed by atoms with E-state index in [2.05, 4.69) is 23.8 Å². The lowest BCUT2D eigenvalue weighted by Gasteiger charge is -2.35. The molecule has 0 aliphatic carbocycles. The van der Waals surface area contributed by atoms with E-state index in [1.54, 1.807) is 12.1 Å². The molecule has 1 amide bonds. The molecule has 1 aliphatic heterocycles. The second-order valence-corrected chi connectivity index (χ2v) is 7.68. The first-order valence-corrected chi connectivity index (χ1v) is 9.56. The number of aromatic nitrogens is 2. The normalized spacial score (nSPS) is 14.7. The monoisotopic (exact) mass is 368 g/mol. The molecule has 1 fully saturated rings. The summed E-state index contributed by atoms with van der Waals surface area (Å²) in [6.45, 7) is 11.0. The van der Waals surface area contributed by atoms with E-state index in [1.807, 2.05) is 36.9 Å². The van der Waals surface area contributed by atoms with E-state index in [4.69, 9.17) is 0 Å². The van der Waals surface area contributed by atoms with E-state index in [9.17, 15) is 9.59 Å². The van der Waals surface area contributed by atoms with Gasteiger partial charge in [-0.2, -0.15) is 4.68 Å². The predicted octanol–water partition coefficient (Wildman–Crippen LogP) is 2.54. The maximum Gasteiger partial charge on any atom is 0.271 e. The molecule has 3 rings (SSSR count). The van der Waals surface area contributed by atoms with Crippen LogP contribution < -0.4 is 10.5 Å². The molecule has 1 aromatic carbocycles. The molecule has 6 nitrogen and oxygen atoms in total. The summed E-state index contributed by atoms with van der Waals surface area (Å²) in [6.07, 6.45) is 0.593. The van der Waals surface area contributed by atoms with Crippen LogP contribution >= 0.6 is 0 Å². The van der Waals surface area contributed by atoms with Crippen LogP contribution in [0, 0.1) is 19.8 Å². The zero-order valence-corrected chi connectivity index (χ0v) is 16.6. The smallest absolute Gasteiger partial charge is 0.271 e. The van der Waals surface area contributed by atoms with Gasteiger partial charge in [0.25, 0.3) is 5.56 Å². The van der Waals surface area contributed by atoms with Crippen molar-refractivity contribution in [2.75, 3.05) is 31.1 Å². The van der Waals surface area contributed by atoms with Crippen LogP contribution in [0.1, 0.15) is 31.4 Å². The van der Waals surface area contributed by atoms with Gasteiger partial charge in [-0.25, -0.2) is 0 Å². The van der Waals surface area contributed by atoms with E-state index in [1.165, 1.54) is 10.2 Å². The molecule has 1 saturated heterocycles. The average Bonchev–Trinajstić information content (AvgIpc) is 2.64.